The molecule has 0 saturated heterocycles. The minimum Gasteiger partial charge on any atom is -0.493 e. The van der Waals surface area contributed by atoms with E-state index in [2.05, 4.69) is 15.6 Å². The Morgan fingerprint density at radius 1 is 1.00 bits per heavy atom. The van der Waals surface area contributed by atoms with E-state index in [-0.39, 0.29) is 11.5 Å². The number of hydrogen-bond acceptors (Lipinski definition) is 4. The van der Waals surface area contributed by atoms with Gasteiger partial charge in [0.15, 0.2) is 24.1 Å². The summed E-state index contributed by atoms with van der Waals surface area (Å²) in [6.45, 7) is 0.0313. The van der Waals surface area contributed by atoms with Gasteiger partial charge < -0.3 is 24.8 Å². The fourth-order valence-electron chi connectivity index (χ4n) is 2.36. The minimum atomic E-state index is -4.41. The topological polar surface area (TPSA) is 64.1 Å². The van der Waals surface area contributed by atoms with Gasteiger partial charge >= 0.3 is 6.18 Å². The van der Waals surface area contributed by atoms with E-state index in [0.29, 0.717) is 25.7 Å². The zero-order valence-electron chi connectivity index (χ0n) is 16.3. The maximum absolute atomic E-state index is 12.3. The van der Waals surface area contributed by atoms with Crippen LogP contribution in [0, 0.1) is 0 Å². The molecule has 0 aliphatic heterocycles. The summed E-state index contributed by atoms with van der Waals surface area (Å²) < 4.78 is 52.5. The normalized spacial score (nSPS) is 11.7. The van der Waals surface area contributed by atoms with Crippen LogP contribution in [0.3, 0.4) is 0 Å². The van der Waals surface area contributed by atoms with Gasteiger partial charge in [0.1, 0.15) is 12.4 Å². The first-order valence-corrected chi connectivity index (χ1v) is 8.90. The van der Waals surface area contributed by atoms with Crippen LogP contribution in [-0.2, 0) is 6.54 Å². The largest absolute Gasteiger partial charge is 0.493 e. The SMILES string of the molecule is CN=C(NCCOc1ccccc1)NCc1ccc(OCC(F)(F)F)c(OC)c1. The van der Waals surface area contributed by atoms with Crippen LogP contribution in [0.1, 0.15) is 5.56 Å². The molecule has 158 valence electrons. The first-order valence-electron chi connectivity index (χ1n) is 8.90. The highest BCUT2D eigenvalue weighted by Crippen LogP contribution is 2.29. The number of methoxy groups -OCH3 is 1. The summed E-state index contributed by atoms with van der Waals surface area (Å²) in [5.41, 5.74) is 0.796. The third-order valence-electron chi connectivity index (χ3n) is 3.71. The highest BCUT2D eigenvalue weighted by molar-refractivity contribution is 5.79. The van der Waals surface area contributed by atoms with Crippen molar-refractivity contribution in [3.05, 3.63) is 54.1 Å². The molecule has 0 fully saturated rings. The van der Waals surface area contributed by atoms with Crippen LogP contribution in [0.5, 0.6) is 17.2 Å². The molecule has 0 aromatic heterocycles. The number of guanidine groups is 1. The van der Waals surface area contributed by atoms with Gasteiger partial charge in [0.05, 0.1) is 13.7 Å². The number of aliphatic imine (C=N–C) groups is 1. The molecule has 2 N–H and O–H groups in total. The van der Waals surface area contributed by atoms with E-state index in [9.17, 15) is 13.2 Å². The van der Waals surface area contributed by atoms with Gasteiger partial charge in [0.25, 0.3) is 0 Å². The summed E-state index contributed by atoms with van der Waals surface area (Å²) in [7, 11) is 3.02. The molecule has 0 bridgehead atoms. The minimum absolute atomic E-state index is 0.0362. The van der Waals surface area contributed by atoms with E-state index in [1.54, 1.807) is 19.2 Å². The van der Waals surface area contributed by atoms with Crippen molar-refractivity contribution < 1.29 is 27.4 Å². The van der Waals surface area contributed by atoms with E-state index in [1.165, 1.54) is 13.2 Å². The summed E-state index contributed by atoms with van der Waals surface area (Å²) in [6, 6.07) is 14.2. The monoisotopic (exact) mass is 411 g/mol. The van der Waals surface area contributed by atoms with Crippen molar-refractivity contribution in [1.29, 1.82) is 0 Å². The Kier molecular flexibility index (Phi) is 8.45. The van der Waals surface area contributed by atoms with Crippen LogP contribution in [0.2, 0.25) is 0 Å². The van der Waals surface area contributed by atoms with E-state index in [1.807, 2.05) is 30.3 Å². The lowest BCUT2D eigenvalue weighted by Gasteiger charge is -2.15. The molecule has 0 spiro atoms. The van der Waals surface area contributed by atoms with Gasteiger partial charge in [-0.15, -0.1) is 0 Å². The smallest absolute Gasteiger partial charge is 0.422 e. The highest BCUT2D eigenvalue weighted by Gasteiger charge is 2.29. The molecule has 0 saturated carbocycles. The van der Waals surface area contributed by atoms with E-state index in [4.69, 9.17) is 14.2 Å². The van der Waals surface area contributed by atoms with Gasteiger partial charge in [-0.05, 0) is 29.8 Å². The second-order valence-electron chi connectivity index (χ2n) is 5.90. The van der Waals surface area contributed by atoms with Gasteiger partial charge in [-0.2, -0.15) is 13.2 Å². The Morgan fingerprint density at radius 2 is 1.76 bits per heavy atom. The molecule has 0 atom stereocenters. The van der Waals surface area contributed by atoms with Crippen LogP contribution in [0.25, 0.3) is 0 Å². The Balaban J connectivity index is 1.80. The number of alkyl halides is 3. The lowest BCUT2D eigenvalue weighted by atomic mass is 10.2. The van der Waals surface area contributed by atoms with Crippen LogP contribution in [0.15, 0.2) is 53.5 Å². The number of nitrogens with one attached hydrogen (secondary N) is 2. The van der Waals surface area contributed by atoms with Gasteiger partial charge in [0, 0.05) is 13.6 Å². The molecule has 29 heavy (non-hydrogen) atoms. The predicted octanol–water partition coefficient (Wildman–Crippen LogP) is 3.38. The van der Waals surface area contributed by atoms with Crippen molar-refractivity contribution >= 4 is 5.96 Å². The average molecular weight is 411 g/mol. The second kappa shape index (κ2) is 11.0. The molecule has 0 heterocycles. The summed E-state index contributed by atoms with van der Waals surface area (Å²) in [5, 5.41) is 6.24. The number of halogens is 3. The second-order valence-corrected chi connectivity index (χ2v) is 5.90. The van der Waals surface area contributed by atoms with Crippen LogP contribution >= 0.6 is 0 Å². The van der Waals surface area contributed by atoms with E-state index < -0.39 is 12.8 Å². The van der Waals surface area contributed by atoms with Crippen molar-refractivity contribution in [2.24, 2.45) is 4.99 Å². The molecular weight excluding hydrogens is 387 g/mol. The quantitative estimate of drug-likeness (QED) is 0.376. The van der Waals surface area contributed by atoms with Crippen molar-refractivity contribution in [2.75, 3.05) is 33.9 Å². The first-order chi connectivity index (χ1) is 13.9. The Labute approximate surface area is 167 Å². The van der Waals surface area contributed by atoms with Crippen LogP contribution in [0.4, 0.5) is 13.2 Å². The molecule has 2 aromatic carbocycles. The summed E-state index contributed by atoms with van der Waals surface area (Å²) in [4.78, 5) is 4.12. The first kappa shape index (κ1) is 22.2. The zero-order valence-corrected chi connectivity index (χ0v) is 16.3. The molecule has 2 rings (SSSR count). The number of ether oxygens (including phenoxy) is 3. The molecule has 9 heteroatoms. The van der Waals surface area contributed by atoms with Crippen molar-refractivity contribution in [1.82, 2.24) is 10.6 Å². The fraction of sp³-hybridized carbons (Fsp3) is 0.350. The van der Waals surface area contributed by atoms with Gasteiger partial charge in [-0.25, -0.2) is 0 Å². The number of hydrogen-bond donors (Lipinski definition) is 2. The predicted molar refractivity (Wildman–Crippen MR) is 105 cm³/mol. The van der Waals surface area contributed by atoms with E-state index in [0.717, 1.165) is 11.3 Å². The molecule has 0 amide bonds. The number of nitrogens with zero attached hydrogens (tertiary/aromatic N) is 1. The molecular formula is C20H24F3N3O3. The summed E-state index contributed by atoms with van der Waals surface area (Å²) in [6.07, 6.45) is -4.41. The van der Waals surface area contributed by atoms with Gasteiger partial charge in [-0.1, -0.05) is 24.3 Å². The Bertz CT molecular complexity index is 784. The van der Waals surface area contributed by atoms with Crippen molar-refractivity contribution in [3.8, 4) is 17.2 Å². The third kappa shape index (κ3) is 8.20. The Morgan fingerprint density at radius 3 is 2.41 bits per heavy atom. The molecule has 2 aromatic rings. The molecule has 0 aliphatic carbocycles. The van der Waals surface area contributed by atoms with Crippen molar-refractivity contribution in [2.45, 2.75) is 12.7 Å². The van der Waals surface area contributed by atoms with Crippen LogP contribution < -0.4 is 24.8 Å². The Hall–Kier alpha value is -3.10. The highest BCUT2D eigenvalue weighted by atomic mass is 19.4. The van der Waals surface area contributed by atoms with Gasteiger partial charge in [-0.3, -0.25) is 4.99 Å². The molecule has 6 nitrogen and oxygen atoms in total. The lowest BCUT2D eigenvalue weighted by molar-refractivity contribution is -0.153. The van der Waals surface area contributed by atoms with Crippen molar-refractivity contribution in [3.63, 3.8) is 0 Å². The molecule has 0 aliphatic rings. The number of rotatable bonds is 9. The number of benzene rings is 2. The third-order valence-corrected chi connectivity index (χ3v) is 3.71. The summed E-state index contributed by atoms with van der Waals surface area (Å²) >= 11 is 0. The maximum Gasteiger partial charge on any atom is 0.422 e. The lowest BCUT2D eigenvalue weighted by Crippen LogP contribution is -2.38. The van der Waals surface area contributed by atoms with Gasteiger partial charge in [0.2, 0.25) is 0 Å². The average Bonchev–Trinajstić information content (AvgIpc) is 2.72. The molecule has 0 unspecified atom stereocenters. The van der Waals surface area contributed by atoms with Crippen LogP contribution in [-0.4, -0.2) is 46.1 Å². The zero-order chi connectivity index (χ0) is 21.1. The van der Waals surface area contributed by atoms with E-state index >= 15 is 0 Å². The fourth-order valence-corrected chi connectivity index (χ4v) is 2.36. The number of para-hydroxylation sites is 1. The summed E-state index contributed by atoms with van der Waals surface area (Å²) in [5.74, 6) is 1.62. The standard InChI is InChI=1S/C20H24F3N3O3/c1-24-19(25-10-11-28-16-6-4-3-5-7-16)26-13-15-8-9-17(18(12-15)27-2)29-14-20(21,22)23/h3-9,12H,10-11,13-14H2,1-2H3,(H2,24,25,26). The molecule has 0 radical (unpaired) electrons. The maximum atomic E-state index is 12.3.